The van der Waals surface area contributed by atoms with Crippen LogP contribution in [0.1, 0.15) is 25.3 Å². The third-order valence-electron chi connectivity index (χ3n) is 3.45. The van der Waals surface area contributed by atoms with Crippen molar-refractivity contribution in [3.63, 3.8) is 0 Å². The fourth-order valence-corrected chi connectivity index (χ4v) is 2.00. The number of nitriles is 1. The van der Waals surface area contributed by atoms with E-state index in [4.69, 9.17) is 20.8 Å². The molecule has 1 rings (SSSR count). The molecule has 24 heavy (non-hydrogen) atoms. The molecular formula is C19H24N4O. The molecule has 0 aliphatic rings. The van der Waals surface area contributed by atoms with Gasteiger partial charge in [-0.3, -0.25) is 5.41 Å². The minimum absolute atomic E-state index is 0.264. The van der Waals surface area contributed by atoms with Crippen LogP contribution < -0.4 is 5.32 Å². The molecule has 1 unspecified atom stereocenters. The Morgan fingerprint density at radius 2 is 2.12 bits per heavy atom. The molecule has 1 atom stereocenters. The van der Waals surface area contributed by atoms with Crippen molar-refractivity contribution < 1.29 is 4.74 Å². The van der Waals surface area contributed by atoms with Crippen LogP contribution in [0.4, 0.5) is 0 Å². The molecule has 3 N–H and O–H groups in total. The predicted molar refractivity (Wildman–Crippen MR) is 97.0 cm³/mol. The molecule has 1 aromatic rings. The number of allylic oxidation sites excluding steroid dienone is 3. The van der Waals surface area contributed by atoms with Crippen molar-refractivity contribution >= 4 is 12.1 Å². The summed E-state index contributed by atoms with van der Waals surface area (Å²) in [7, 11) is 0. The van der Waals surface area contributed by atoms with Crippen LogP contribution in [0, 0.1) is 28.1 Å². The first kappa shape index (κ1) is 19.3. The number of ether oxygens (including phenoxy) is 1. The molecule has 0 heterocycles. The van der Waals surface area contributed by atoms with E-state index < -0.39 is 0 Å². The lowest BCUT2D eigenvalue weighted by Crippen LogP contribution is -2.22. The van der Waals surface area contributed by atoms with Crippen molar-refractivity contribution in [3.8, 4) is 6.07 Å². The second-order valence-electron chi connectivity index (χ2n) is 5.34. The molecule has 0 aromatic heterocycles. The maximum Gasteiger partial charge on any atom is 0.101 e. The van der Waals surface area contributed by atoms with Gasteiger partial charge in [0, 0.05) is 18.8 Å². The zero-order valence-corrected chi connectivity index (χ0v) is 14.0. The third kappa shape index (κ3) is 8.06. The first-order valence-corrected chi connectivity index (χ1v) is 7.92. The second kappa shape index (κ2) is 11.8. The SMILES string of the molecule is CCC(COCc1ccccc1)CC(=N)N/C=C\C=C(\C#N)C=N. The Morgan fingerprint density at radius 1 is 1.38 bits per heavy atom. The van der Waals surface area contributed by atoms with E-state index in [9.17, 15) is 0 Å². The second-order valence-corrected chi connectivity index (χ2v) is 5.34. The van der Waals surface area contributed by atoms with Crippen molar-refractivity contribution in [2.45, 2.75) is 26.4 Å². The topological polar surface area (TPSA) is 92.8 Å². The van der Waals surface area contributed by atoms with E-state index >= 15 is 0 Å². The molecule has 0 radical (unpaired) electrons. The summed E-state index contributed by atoms with van der Waals surface area (Å²) in [5, 5.41) is 26.5. The van der Waals surface area contributed by atoms with Gasteiger partial charge in [-0.15, -0.1) is 0 Å². The van der Waals surface area contributed by atoms with Crippen LogP contribution in [0.2, 0.25) is 0 Å². The largest absolute Gasteiger partial charge is 0.376 e. The average molecular weight is 324 g/mol. The fourth-order valence-electron chi connectivity index (χ4n) is 2.00. The normalized spacial score (nSPS) is 12.6. The van der Waals surface area contributed by atoms with Crippen molar-refractivity contribution in [1.29, 1.82) is 16.1 Å². The Bertz CT molecular complexity index is 614. The first-order chi connectivity index (χ1) is 11.7. The van der Waals surface area contributed by atoms with Gasteiger partial charge in [0.15, 0.2) is 0 Å². The number of benzene rings is 1. The molecule has 0 saturated carbocycles. The molecule has 5 nitrogen and oxygen atoms in total. The molecular weight excluding hydrogens is 300 g/mol. The quantitative estimate of drug-likeness (QED) is 0.264. The van der Waals surface area contributed by atoms with Crippen LogP contribution in [0.15, 0.2) is 54.3 Å². The lowest BCUT2D eigenvalue weighted by Gasteiger charge is -2.15. The Morgan fingerprint density at radius 3 is 2.75 bits per heavy atom. The maximum atomic E-state index is 8.67. The number of nitrogens with one attached hydrogen (secondary N) is 3. The summed E-state index contributed by atoms with van der Waals surface area (Å²) in [5.41, 5.74) is 1.41. The number of rotatable bonds is 10. The average Bonchev–Trinajstić information content (AvgIpc) is 2.62. The molecule has 0 fully saturated rings. The highest BCUT2D eigenvalue weighted by Crippen LogP contribution is 2.10. The van der Waals surface area contributed by atoms with Crippen LogP contribution in [0.5, 0.6) is 0 Å². The van der Waals surface area contributed by atoms with Crippen LogP contribution in [0.25, 0.3) is 0 Å². The minimum Gasteiger partial charge on any atom is -0.376 e. The number of amidine groups is 1. The van der Waals surface area contributed by atoms with Gasteiger partial charge in [0.1, 0.15) is 6.07 Å². The van der Waals surface area contributed by atoms with Gasteiger partial charge in [0.05, 0.1) is 24.6 Å². The van der Waals surface area contributed by atoms with Gasteiger partial charge < -0.3 is 15.5 Å². The predicted octanol–water partition coefficient (Wildman–Crippen LogP) is 3.80. The summed E-state index contributed by atoms with van der Waals surface area (Å²) in [6.07, 6.45) is 7.27. The van der Waals surface area contributed by atoms with E-state index in [1.54, 1.807) is 12.3 Å². The van der Waals surface area contributed by atoms with Crippen LogP contribution >= 0.6 is 0 Å². The number of hydrogen-bond acceptors (Lipinski definition) is 4. The molecule has 1 aromatic carbocycles. The lowest BCUT2D eigenvalue weighted by atomic mass is 10.0. The zero-order valence-electron chi connectivity index (χ0n) is 14.0. The zero-order chi connectivity index (χ0) is 17.6. The Kier molecular flexibility index (Phi) is 9.51. The van der Waals surface area contributed by atoms with Crippen LogP contribution in [-0.4, -0.2) is 18.7 Å². The van der Waals surface area contributed by atoms with E-state index in [1.165, 1.54) is 6.08 Å². The van der Waals surface area contributed by atoms with E-state index in [0.717, 1.165) is 18.2 Å². The molecule has 0 amide bonds. The molecule has 0 aliphatic heterocycles. The van der Waals surface area contributed by atoms with E-state index in [-0.39, 0.29) is 11.5 Å². The van der Waals surface area contributed by atoms with E-state index in [2.05, 4.69) is 12.2 Å². The number of nitrogens with zero attached hydrogens (tertiary/aromatic N) is 1. The molecule has 0 bridgehead atoms. The van der Waals surface area contributed by atoms with Gasteiger partial charge >= 0.3 is 0 Å². The lowest BCUT2D eigenvalue weighted by molar-refractivity contribution is 0.0874. The Balaban J connectivity index is 2.32. The van der Waals surface area contributed by atoms with Gasteiger partial charge in [-0.25, -0.2) is 0 Å². The standard InChI is InChI=1S/C19H24N4O/c1-2-16(14-24-15-17-7-4-3-5-8-17)11-19(22)23-10-6-9-18(12-20)13-21/h3-10,12,16,20H,2,11,14-15H2,1H3,(H2,22,23)/b10-6-,18-9+,20-12?. The van der Waals surface area contributed by atoms with Gasteiger partial charge in [0.2, 0.25) is 0 Å². The monoisotopic (exact) mass is 324 g/mol. The third-order valence-corrected chi connectivity index (χ3v) is 3.45. The highest BCUT2D eigenvalue weighted by molar-refractivity contribution is 5.82. The summed E-state index contributed by atoms with van der Waals surface area (Å²) < 4.78 is 5.75. The van der Waals surface area contributed by atoms with Gasteiger partial charge in [0.25, 0.3) is 0 Å². The summed E-state index contributed by atoms with van der Waals surface area (Å²) in [5.74, 6) is 0.692. The van der Waals surface area contributed by atoms with Crippen LogP contribution in [0.3, 0.4) is 0 Å². The smallest absolute Gasteiger partial charge is 0.101 e. The summed E-state index contributed by atoms with van der Waals surface area (Å²) in [6.45, 7) is 3.29. The van der Waals surface area contributed by atoms with Gasteiger partial charge in [-0.2, -0.15) is 5.26 Å². The van der Waals surface area contributed by atoms with Crippen molar-refractivity contribution in [2.24, 2.45) is 5.92 Å². The molecule has 126 valence electrons. The van der Waals surface area contributed by atoms with Crippen molar-refractivity contribution in [1.82, 2.24) is 5.32 Å². The summed E-state index contributed by atoms with van der Waals surface area (Å²) >= 11 is 0. The van der Waals surface area contributed by atoms with Gasteiger partial charge in [-0.05, 0) is 23.6 Å². The van der Waals surface area contributed by atoms with Crippen molar-refractivity contribution in [3.05, 3.63) is 59.8 Å². The molecule has 5 heteroatoms. The highest BCUT2D eigenvalue weighted by atomic mass is 16.5. The molecule has 0 aliphatic carbocycles. The van der Waals surface area contributed by atoms with Crippen LogP contribution in [-0.2, 0) is 11.3 Å². The first-order valence-electron chi connectivity index (χ1n) is 7.92. The van der Waals surface area contributed by atoms with E-state index in [0.29, 0.717) is 25.5 Å². The van der Waals surface area contributed by atoms with Gasteiger partial charge in [-0.1, -0.05) is 43.7 Å². The maximum absolute atomic E-state index is 8.67. The Labute approximate surface area is 143 Å². The van der Waals surface area contributed by atoms with Crippen molar-refractivity contribution in [2.75, 3.05) is 6.61 Å². The summed E-state index contributed by atoms with van der Waals surface area (Å²) in [4.78, 5) is 0. The molecule has 0 saturated heterocycles. The Hall–Kier alpha value is -2.71. The van der Waals surface area contributed by atoms with E-state index in [1.807, 2.05) is 36.4 Å². The number of hydrogen-bond donors (Lipinski definition) is 3. The minimum atomic E-state index is 0.264. The highest BCUT2D eigenvalue weighted by Gasteiger charge is 2.09. The summed E-state index contributed by atoms with van der Waals surface area (Å²) in [6, 6.07) is 11.9. The fraction of sp³-hybridized carbons (Fsp3) is 0.316. The molecule has 0 spiro atoms.